The van der Waals surface area contributed by atoms with Crippen molar-refractivity contribution in [3.63, 3.8) is 0 Å². The van der Waals surface area contributed by atoms with Crippen molar-refractivity contribution in [3.8, 4) is 28.4 Å². The number of hydrogen-bond acceptors (Lipinski definition) is 6. The molecule has 0 bridgehead atoms. The van der Waals surface area contributed by atoms with E-state index in [9.17, 15) is 13.6 Å². The topological polar surface area (TPSA) is 97.2 Å². The van der Waals surface area contributed by atoms with Gasteiger partial charge in [-0.15, -0.1) is 0 Å². The van der Waals surface area contributed by atoms with Crippen LogP contribution in [0.2, 0.25) is 0 Å². The van der Waals surface area contributed by atoms with Crippen molar-refractivity contribution in [2.45, 2.75) is 6.54 Å². The minimum atomic E-state index is -1.91. The maximum absolute atomic E-state index is 12.8. The van der Waals surface area contributed by atoms with Gasteiger partial charge in [0.15, 0.2) is 11.5 Å². The van der Waals surface area contributed by atoms with Gasteiger partial charge in [-0.05, 0) is 35.4 Å². The SMILES string of the molecule is NCC(Cn1ncn(-c2cc(-c3ccc4c(c3)OCO4)ccn2)c1=O)=C(F)F. The van der Waals surface area contributed by atoms with Gasteiger partial charge < -0.3 is 15.2 Å². The summed E-state index contributed by atoms with van der Waals surface area (Å²) in [4.78, 5) is 16.7. The van der Waals surface area contributed by atoms with E-state index in [1.54, 1.807) is 24.4 Å². The van der Waals surface area contributed by atoms with E-state index in [2.05, 4.69) is 10.1 Å². The summed E-state index contributed by atoms with van der Waals surface area (Å²) in [6.07, 6.45) is 0.871. The van der Waals surface area contributed by atoms with Gasteiger partial charge in [-0.2, -0.15) is 13.9 Å². The first-order valence-electron chi connectivity index (χ1n) is 8.31. The summed E-state index contributed by atoms with van der Waals surface area (Å²) < 4.78 is 38.4. The van der Waals surface area contributed by atoms with Gasteiger partial charge in [0.25, 0.3) is 6.08 Å². The summed E-state index contributed by atoms with van der Waals surface area (Å²) in [5.74, 6) is 1.61. The summed E-state index contributed by atoms with van der Waals surface area (Å²) in [6, 6.07) is 8.97. The smallest absolute Gasteiger partial charge is 0.351 e. The molecule has 2 N–H and O–H groups in total. The predicted molar refractivity (Wildman–Crippen MR) is 95.5 cm³/mol. The molecule has 1 aliphatic rings. The molecule has 0 unspecified atom stereocenters. The van der Waals surface area contributed by atoms with Gasteiger partial charge in [-0.25, -0.2) is 19.0 Å². The van der Waals surface area contributed by atoms with Crippen LogP contribution in [0.5, 0.6) is 11.5 Å². The quantitative estimate of drug-likeness (QED) is 0.719. The Balaban J connectivity index is 1.67. The number of fused-ring (bicyclic) bond motifs is 1. The molecule has 1 aromatic carbocycles. The Labute approximate surface area is 157 Å². The lowest BCUT2D eigenvalue weighted by Gasteiger charge is -2.06. The van der Waals surface area contributed by atoms with Gasteiger partial charge in [-0.3, -0.25) is 0 Å². The first-order chi connectivity index (χ1) is 13.6. The minimum Gasteiger partial charge on any atom is -0.454 e. The van der Waals surface area contributed by atoms with E-state index in [-0.39, 0.29) is 25.5 Å². The van der Waals surface area contributed by atoms with Crippen molar-refractivity contribution in [1.82, 2.24) is 19.3 Å². The fourth-order valence-corrected chi connectivity index (χ4v) is 2.79. The number of nitrogens with two attached hydrogens (primary N) is 1. The predicted octanol–water partition coefficient (Wildman–Crippen LogP) is 1.93. The summed E-state index contributed by atoms with van der Waals surface area (Å²) >= 11 is 0. The van der Waals surface area contributed by atoms with Gasteiger partial charge in [0.2, 0.25) is 6.79 Å². The number of hydrogen-bond donors (Lipinski definition) is 1. The lowest BCUT2D eigenvalue weighted by molar-refractivity contribution is 0.174. The van der Waals surface area contributed by atoms with E-state index >= 15 is 0 Å². The normalized spacial score (nSPS) is 12.2. The van der Waals surface area contributed by atoms with Gasteiger partial charge in [-0.1, -0.05) is 6.07 Å². The van der Waals surface area contributed by atoms with E-state index < -0.39 is 11.8 Å². The third kappa shape index (κ3) is 3.25. The van der Waals surface area contributed by atoms with Crippen LogP contribution in [0.25, 0.3) is 16.9 Å². The molecule has 144 valence electrons. The zero-order chi connectivity index (χ0) is 19.7. The highest BCUT2D eigenvalue weighted by molar-refractivity contribution is 5.68. The van der Waals surface area contributed by atoms with Gasteiger partial charge in [0, 0.05) is 18.3 Å². The van der Waals surface area contributed by atoms with E-state index in [4.69, 9.17) is 15.2 Å². The Morgan fingerprint density at radius 1 is 1.14 bits per heavy atom. The van der Waals surface area contributed by atoms with Crippen LogP contribution in [0.4, 0.5) is 8.78 Å². The molecule has 8 nitrogen and oxygen atoms in total. The molecule has 0 aliphatic carbocycles. The van der Waals surface area contributed by atoms with E-state index in [1.807, 2.05) is 12.1 Å². The molecule has 1 aliphatic heterocycles. The molecule has 2 aromatic heterocycles. The maximum Gasteiger partial charge on any atom is 0.351 e. The monoisotopic (exact) mass is 387 g/mol. The Morgan fingerprint density at radius 3 is 2.71 bits per heavy atom. The largest absolute Gasteiger partial charge is 0.454 e. The van der Waals surface area contributed by atoms with Crippen molar-refractivity contribution in [3.05, 3.63) is 65.0 Å². The fraction of sp³-hybridized carbons (Fsp3) is 0.167. The van der Waals surface area contributed by atoms with Crippen molar-refractivity contribution in [2.75, 3.05) is 13.3 Å². The number of benzene rings is 1. The lowest BCUT2D eigenvalue weighted by atomic mass is 10.1. The number of pyridine rings is 1. The van der Waals surface area contributed by atoms with Crippen molar-refractivity contribution < 1.29 is 18.3 Å². The molecule has 0 amide bonds. The third-order valence-electron chi connectivity index (χ3n) is 4.29. The minimum absolute atomic E-state index is 0.174. The fourth-order valence-electron chi connectivity index (χ4n) is 2.79. The summed E-state index contributed by atoms with van der Waals surface area (Å²) in [5, 5.41) is 3.88. The van der Waals surface area contributed by atoms with Crippen molar-refractivity contribution in [2.24, 2.45) is 5.73 Å². The second-order valence-electron chi connectivity index (χ2n) is 5.98. The molecule has 28 heavy (non-hydrogen) atoms. The van der Waals surface area contributed by atoms with Crippen LogP contribution in [0.15, 0.2) is 59.3 Å². The summed E-state index contributed by atoms with van der Waals surface area (Å²) in [7, 11) is 0. The maximum atomic E-state index is 12.8. The average molecular weight is 387 g/mol. The molecule has 0 radical (unpaired) electrons. The van der Waals surface area contributed by atoms with Crippen molar-refractivity contribution >= 4 is 0 Å². The van der Waals surface area contributed by atoms with E-state index in [0.29, 0.717) is 17.3 Å². The van der Waals surface area contributed by atoms with E-state index in [1.165, 1.54) is 10.9 Å². The molecule has 4 rings (SSSR count). The Morgan fingerprint density at radius 2 is 1.93 bits per heavy atom. The molecule has 0 saturated heterocycles. The second kappa shape index (κ2) is 7.24. The number of rotatable bonds is 5. The zero-order valence-electron chi connectivity index (χ0n) is 14.5. The number of aromatic nitrogens is 4. The zero-order valence-corrected chi connectivity index (χ0v) is 14.5. The molecule has 0 saturated carbocycles. The third-order valence-corrected chi connectivity index (χ3v) is 4.29. The van der Waals surface area contributed by atoms with Crippen LogP contribution in [-0.2, 0) is 6.54 Å². The standard InChI is InChI=1S/C18H15F2N5O3/c19-17(20)13(7-21)8-25-18(26)24(9-23-25)16-6-12(3-4-22-16)11-1-2-14-15(5-11)28-10-27-14/h1-6,9H,7-8,10,21H2. The highest BCUT2D eigenvalue weighted by Crippen LogP contribution is 2.35. The lowest BCUT2D eigenvalue weighted by Crippen LogP contribution is -2.26. The van der Waals surface area contributed by atoms with Gasteiger partial charge >= 0.3 is 5.69 Å². The molecule has 3 heterocycles. The van der Waals surface area contributed by atoms with Gasteiger partial charge in [0.05, 0.1) is 6.54 Å². The highest BCUT2D eigenvalue weighted by Gasteiger charge is 2.15. The molecule has 3 aromatic rings. The first kappa shape index (κ1) is 17.9. The number of ether oxygens (including phenoxy) is 2. The molecule has 10 heteroatoms. The molecule has 0 atom stereocenters. The molecule has 0 fully saturated rings. The molecular formula is C18H15F2N5O3. The summed E-state index contributed by atoms with van der Waals surface area (Å²) in [5.41, 5.74) is 5.99. The van der Waals surface area contributed by atoms with Crippen LogP contribution in [0, 0.1) is 0 Å². The molecule has 0 spiro atoms. The van der Waals surface area contributed by atoms with Crippen LogP contribution in [0.3, 0.4) is 0 Å². The first-order valence-corrected chi connectivity index (χ1v) is 8.31. The Bertz CT molecular complexity index is 1120. The van der Waals surface area contributed by atoms with E-state index in [0.717, 1.165) is 15.8 Å². The number of nitrogens with zero attached hydrogens (tertiary/aromatic N) is 4. The van der Waals surface area contributed by atoms with Gasteiger partial charge in [0.1, 0.15) is 12.1 Å². The molecular weight excluding hydrogens is 372 g/mol. The average Bonchev–Trinajstić information content (AvgIpc) is 3.32. The van der Waals surface area contributed by atoms with Crippen LogP contribution in [-0.4, -0.2) is 32.7 Å². The van der Waals surface area contributed by atoms with Crippen molar-refractivity contribution in [1.29, 1.82) is 0 Å². The second-order valence-corrected chi connectivity index (χ2v) is 5.98. The Kier molecular flexibility index (Phi) is 4.62. The highest BCUT2D eigenvalue weighted by atomic mass is 19.3. The Hall–Kier alpha value is -3.53. The van der Waals surface area contributed by atoms with Crippen LogP contribution < -0.4 is 20.9 Å². The summed E-state index contributed by atoms with van der Waals surface area (Å²) in [6.45, 7) is -0.570. The van der Waals surface area contributed by atoms with Crippen LogP contribution in [0.1, 0.15) is 0 Å². The van der Waals surface area contributed by atoms with Crippen LogP contribution >= 0.6 is 0 Å². The number of halogens is 2.